The molecule has 1 saturated heterocycles. The molecule has 1 aliphatic heterocycles. The maximum absolute atomic E-state index is 12.8. The smallest absolute Gasteiger partial charge is 0.408 e. The van der Waals surface area contributed by atoms with Gasteiger partial charge in [-0.05, 0) is 49.6 Å². The van der Waals surface area contributed by atoms with Crippen LogP contribution in [-0.2, 0) is 21.4 Å². The minimum atomic E-state index is -3.61. The van der Waals surface area contributed by atoms with Crippen LogP contribution in [0.3, 0.4) is 0 Å². The number of carbonyl (C=O) groups excluding carboxylic acids is 1. The van der Waals surface area contributed by atoms with Gasteiger partial charge in [0.25, 0.3) is 0 Å². The number of nitrogens with one attached hydrogen (secondary N) is 1. The predicted molar refractivity (Wildman–Crippen MR) is 121 cm³/mol. The number of fused-ring (bicyclic) bond motifs is 1. The van der Waals surface area contributed by atoms with Crippen molar-refractivity contribution in [1.29, 1.82) is 0 Å². The van der Waals surface area contributed by atoms with Crippen LogP contribution in [0, 0.1) is 0 Å². The van der Waals surface area contributed by atoms with Crippen LogP contribution in [-0.4, -0.2) is 36.3 Å². The van der Waals surface area contributed by atoms with E-state index in [4.69, 9.17) is 16.0 Å². The first-order chi connectivity index (χ1) is 15.3. The monoisotopic (exact) mass is 477 g/mol. The van der Waals surface area contributed by atoms with Crippen LogP contribution >= 0.6 is 11.6 Å². The molecule has 2 heterocycles. The molecular formula is C22H24ClN3O5S. The summed E-state index contributed by atoms with van der Waals surface area (Å²) in [5.74, 6) is -0.851. The van der Waals surface area contributed by atoms with Crippen molar-refractivity contribution >= 4 is 38.6 Å². The summed E-state index contributed by atoms with van der Waals surface area (Å²) in [5, 5.41) is 3.51. The number of amides is 1. The molecule has 0 bridgehead atoms. The predicted octanol–water partition coefficient (Wildman–Crippen LogP) is 3.30. The van der Waals surface area contributed by atoms with Crippen molar-refractivity contribution in [2.75, 3.05) is 13.1 Å². The van der Waals surface area contributed by atoms with E-state index >= 15 is 0 Å². The van der Waals surface area contributed by atoms with Gasteiger partial charge in [0.1, 0.15) is 0 Å². The molecule has 4 rings (SSSR count). The summed E-state index contributed by atoms with van der Waals surface area (Å²) in [6, 6.07) is 11.4. The molecule has 1 fully saturated rings. The minimum absolute atomic E-state index is 0.0697. The van der Waals surface area contributed by atoms with E-state index in [1.807, 2.05) is 19.1 Å². The number of sulfonamides is 1. The second-order valence-corrected chi connectivity index (χ2v) is 10.2. The molecule has 10 heteroatoms. The Bertz CT molecular complexity index is 1290. The molecule has 0 saturated carbocycles. The van der Waals surface area contributed by atoms with Gasteiger partial charge in [0.2, 0.25) is 15.9 Å². The van der Waals surface area contributed by atoms with E-state index in [1.165, 1.54) is 21.0 Å². The van der Waals surface area contributed by atoms with Gasteiger partial charge in [-0.2, -0.15) is 4.31 Å². The fraction of sp³-hybridized carbons (Fsp3) is 0.364. The number of carbonyl (C=O) groups is 1. The van der Waals surface area contributed by atoms with Gasteiger partial charge in [0, 0.05) is 37.1 Å². The van der Waals surface area contributed by atoms with E-state index in [2.05, 4.69) is 5.32 Å². The molecule has 1 atom stereocenters. The van der Waals surface area contributed by atoms with Gasteiger partial charge < -0.3 is 9.73 Å². The second kappa shape index (κ2) is 9.09. The highest BCUT2D eigenvalue weighted by Crippen LogP contribution is 2.24. The third-order valence-electron chi connectivity index (χ3n) is 5.65. The number of hydrogen-bond acceptors (Lipinski definition) is 5. The normalized spacial score (nSPS) is 15.8. The molecule has 32 heavy (non-hydrogen) atoms. The average Bonchev–Trinajstić information content (AvgIpc) is 3.40. The molecule has 0 spiro atoms. The van der Waals surface area contributed by atoms with Crippen molar-refractivity contribution in [3.8, 4) is 0 Å². The fourth-order valence-corrected chi connectivity index (χ4v) is 5.52. The van der Waals surface area contributed by atoms with Crippen LogP contribution < -0.4 is 11.1 Å². The zero-order valence-electron chi connectivity index (χ0n) is 17.6. The Hall–Kier alpha value is -2.62. The maximum atomic E-state index is 12.8. The van der Waals surface area contributed by atoms with Crippen molar-refractivity contribution in [3.05, 3.63) is 63.6 Å². The van der Waals surface area contributed by atoms with Crippen molar-refractivity contribution in [1.82, 2.24) is 14.2 Å². The molecule has 1 aromatic heterocycles. The zero-order chi connectivity index (χ0) is 22.9. The lowest BCUT2D eigenvalue weighted by Crippen LogP contribution is -2.28. The number of nitrogens with zero attached hydrogens (tertiary/aromatic N) is 2. The van der Waals surface area contributed by atoms with Crippen LogP contribution in [0.5, 0.6) is 0 Å². The van der Waals surface area contributed by atoms with Crippen LogP contribution in [0.1, 0.15) is 37.8 Å². The first kappa shape index (κ1) is 22.6. The average molecular weight is 478 g/mol. The fourth-order valence-electron chi connectivity index (χ4n) is 3.86. The summed E-state index contributed by atoms with van der Waals surface area (Å²) < 4.78 is 33.6. The summed E-state index contributed by atoms with van der Waals surface area (Å²) in [4.78, 5) is 24.8. The van der Waals surface area contributed by atoms with Gasteiger partial charge in [0.05, 0.1) is 16.5 Å². The summed E-state index contributed by atoms with van der Waals surface area (Å²) in [6.45, 7) is 2.97. The van der Waals surface area contributed by atoms with E-state index < -0.39 is 15.8 Å². The Morgan fingerprint density at radius 1 is 1.16 bits per heavy atom. The lowest BCUT2D eigenvalue weighted by Gasteiger charge is -2.15. The topological polar surface area (TPSA) is 102 Å². The number of halogens is 1. The molecule has 8 nitrogen and oxygen atoms in total. The van der Waals surface area contributed by atoms with E-state index in [9.17, 15) is 18.0 Å². The molecule has 0 aliphatic carbocycles. The summed E-state index contributed by atoms with van der Waals surface area (Å²) >= 11 is 5.89. The van der Waals surface area contributed by atoms with Crippen molar-refractivity contribution in [2.24, 2.45) is 0 Å². The van der Waals surface area contributed by atoms with Crippen molar-refractivity contribution in [3.63, 3.8) is 0 Å². The van der Waals surface area contributed by atoms with Crippen LogP contribution in [0.2, 0.25) is 5.02 Å². The number of oxazole rings is 1. The Kier molecular flexibility index (Phi) is 6.41. The van der Waals surface area contributed by atoms with Gasteiger partial charge in [0.15, 0.2) is 5.58 Å². The molecular weight excluding hydrogens is 454 g/mol. The van der Waals surface area contributed by atoms with E-state index in [0.717, 1.165) is 18.4 Å². The van der Waals surface area contributed by atoms with Crippen molar-refractivity contribution in [2.45, 2.75) is 43.7 Å². The molecule has 2 aromatic carbocycles. The largest absolute Gasteiger partial charge is 0.419 e. The highest BCUT2D eigenvalue weighted by Gasteiger charge is 2.28. The summed E-state index contributed by atoms with van der Waals surface area (Å²) in [6.07, 6.45) is 1.75. The number of hydrogen-bond donors (Lipinski definition) is 1. The van der Waals surface area contributed by atoms with Crippen LogP contribution in [0.4, 0.5) is 0 Å². The van der Waals surface area contributed by atoms with Gasteiger partial charge in [-0.25, -0.2) is 13.2 Å². The van der Waals surface area contributed by atoms with Crippen molar-refractivity contribution < 1.29 is 17.6 Å². The standard InChI is InChI=1S/C22H24ClN3O5S/c1-15(16-4-6-17(23)7-5-16)24-21(27)10-13-26-19-9-8-18(14-20(19)31-22(26)28)32(29,30)25-11-2-3-12-25/h4-9,14-15H,2-3,10-13H2,1H3,(H,24,27). The third-order valence-corrected chi connectivity index (χ3v) is 7.80. The zero-order valence-corrected chi connectivity index (χ0v) is 19.2. The Labute approximate surface area is 190 Å². The lowest BCUT2D eigenvalue weighted by molar-refractivity contribution is -0.121. The van der Waals surface area contributed by atoms with Gasteiger partial charge in [-0.15, -0.1) is 0 Å². The molecule has 1 unspecified atom stereocenters. The molecule has 3 aromatic rings. The quantitative estimate of drug-likeness (QED) is 0.562. The maximum Gasteiger partial charge on any atom is 0.419 e. The first-order valence-corrected chi connectivity index (χ1v) is 12.3. The SMILES string of the molecule is CC(NC(=O)CCn1c(=O)oc2cc(S(=O)(=O)N3CCCC3)ccc21)c1ccc(Cl)cc1. The number of aryl methyl sites for hydroxylation is 1. The third kappa shape index (κ3) is 4.60. The number of benzene rings is 2. The second-order valence-electron chi connectivity index (χ2n) is 7.85. The highest BCUT2D eigenvalue weighted by atomic mass is 35.5. The number of aromatic nitrogens is 1. The van der Waals surface area contributed by atoms with Gasteiger partial charge >= 0.3 is 5.76 Å². The van der Waals surface area contributed by atoms with Gasteiger partial charge in [-0.3, -0.25) is 9.36 Å². The molecule has 1 amide bonds. The highest BCUT2D eigenvalue weighted by molar-refractivity contribution is 7.89. The molecule has 170 valence electrons. The first-order valence-electron chi connectivity index (χ1n) is 10.4. The van der Waals surface area contributed by atoms with E-state index in [1.54, 1.807) is 18.2 Å². The summed E-state index contributed by atoms with van der Waals surface area (Å²) in [5.41, 5.74) is 1.56. The Morgan fingerprint density at radius 2 is 1.84 bits per heavy atom. The summed E-state index contributed by atoms with van der Waals surface area (Å²) in [7, 11) is -3.61. The Balaban J connectivity index is 1.46. The molecule has 1 aliphatic rings. The molecule has 0 radical (unpaired) electrons. The Morgan fingerprint density at radius 3 is 2.53 bits per heavy atom. The van der Waals surface area contributed by atoms with E-state index in [0.29, 0.717) is 23.6 Å². The lowest BCUT2D eigenvalue weighted by atomic mass is 10.1. The molecule has 1 N–H and O–H groups in total. The van der Waals surface area contributed by atoms with Gasteiger partial charge in [-0.1, -0.05) is 23.7 Å². The van der Waals surface area contributed by atoms with E-state index in [-0.39, 0.29) is 35.4 Å². The minimum Gasteiger partial charge on any atom is -0.408 e. The number of rotatable bonds is 7. The van der Waals surface area contributed by atoms with Crippen LogP contribution in [0.15, 0.2) is 56.6 Å². The van der Waals surface area contributed by atoms with Crippen LogP contribution in [0.25, 0.3) is 11.1 Å².